The molecular formula is C14H30N2O3. The molecule has 1 N–H and O–H groups in total. The Morgan fingerprint density at radius 3 is 2.53 bits per heavy atom. The summed E-state index contributed by atoms with van der Waals surface area (Å²) in [7, 11) is 5.92. The molecule has 5 heteroatoms. The molecule has 0 aromatic carbocycles. The molecule has 0 saturated carbocycles. The molecule has 1 atom stereocenters. The second-order valence-corrected chi connectivity index (χ2v) is 5.73. The maximum atomic E-state index is 9.90. The highest BCUT2D eigenvalue weighted by Gasteiger charge is 2.21. The van der Waals surface area contributed by atoms with Gasteiger partial charge in [-0.1, -0.05) is 0 Å². The van der Waals surface area contributed by atoms with Crippen molar-refractivity contribution in [2.45, 2.75) is 18.9 Å². The quantitative estimate of drug-likeness (QED) is 0.612. The topological polar surface area (TPSA) is 45.2 Å². The lowest BCUT2D eigenvalue weighted by atomic mass is 9.96. The number of piperidine rings is 1. The van der Waals surface area contributed by atoms with Crippen LogP contribution in [0.3, 0.4) is 0 Å². The van der Waals surface area contributed by atoms with E-state index in [9.17, 15) is 5.11 Å². The van der Waals surface area contributed by atoms with Crippen LogP contribution in [-0.4, -0.2) is 88.2 Å². The van der Waals surface area contributed by atoms with E-state index in [4.69, 9.17) is 9.47 Å². The second kappa shape index (κ2) is 9.66. The van der Waals surface area contributed by atoms with Crippen molar-refractivity contribution in [2.24, 2.45) is 5.92 Å². The van der Waals surface area contributed by atoms with E-state index in [2.05, 4.69) is 23.9 Å². The Morgan fingerprint density at radius 1 is 1.26 bits per heavy atom. The Labute approximate surface area is 117 Å². The van der Waals surface area contributed by atoms with Crippen molar-refractivity contribution in [1.82, 2.24) is 9.80 Å². The molecule has 1 aliphatic heterocycles. The van der Waals surface area contributed by atoms with Gasteiger partial charge in [0.05, 0.1) is 25.9 Å². The predicted octanol–water partition coefficient (Wildman–Crippen LogP) is 0.284. The highest BCUT2D eigenvalue weighted by Crippen LogP contribution is 2.17. The average molecular weight is 274 g/mol. The third-order valence-electron chi connectivity index (χ3n) is 3.54. The van der Waals surface area contributed by atoms with Crippen molar-refractivity contribution in [1.29, 1.82) is 0 Å². The number of aliphatic hydroxyl groups is 1. The third kappa shape index (κ3) is 7.84. The molecule has 0 aromatic heterocycles. The van der Waals surface area contributed by atoms with Crippen LogP contribution in [0, 0.1) is 5.92 Å². The fourth-order valence-electron chi connectivity index (χ4n) is 2.58. The molecule has 0 aromatic rings. The first kappa shape index (κ1) is 16.9. The zero-order valence-electron chi connectivity index (χ0n) is 12.7. The molecule has 1 saturated heterocycles. The fraction of sp³-hybridized carbons (Fsp3) is 1.00. The summed E-state index contributed by atoms with van der Waals surface area (Å²) in [4.78, 5) is 4.61. The molecule has 0 bridgehead atoms. The zero-order valence-corrected chi connectivity index (χ0v) is 12.7. The highest BCUT2D eigenvalue weighted by atomic mass is 16.5. The lowest BCUT2D eigenvalue weighted by molar-refractivity contribution is -0.00507. The highest BCUT2D eigenvalue weighted by molar-refractivity contribution is 4.75. The Morgan fingerprint density at radius 2 is 1.95 bits per heavy atom. The maximum absolute atomic E-state index is 9.90. The predicted molar refractivity (Wildman–Crippen MR) is 76.4 cm³/mol. The van der Waals surface area contributed by atoms with Crippen LogP contribution in [0.2, 0.25) is 0 Å². The summed E-state index contributed by atoms with van der Waals surface area (Å²) in [6.45, 7) is 5.63. The van der Waals surface area contributed by atoms with E-state index < -0.39 is 0 Å². The zero-order chi connectivity index (χ0) is 14.1. The van der Waals surface area contributed by atoms with Gasteiger partial charge in [0.25, 0.3) is 0 Å². The molecule has 1 heterocycles. The van der Waals surface area contributed by atoms with E-state index in [1.165, 1.54) is 19.4 Å². The number of β-amino-alcohol motifs (C(OH)–C–C–N with tert-alkyl or cyclic N) is 1. The molecular weight excluding hydrogens is 244 g/mol. The molecule has 114 valence electrons. The molecule has 0 spiro atoms. The SMILES string of the molecule is COCCOCC(O)CN1CCC(CN(C)C)CC1. The van der Waals surface area contributed by atoms with E-state index in [1.54, 1.807) is 7.11 Å². The van der Waals surface area contributed by atoms with Crippen LogP contribution in [0.25, 0.3) is 0 Å². The average Bonchev–Trinajstić information content (AvgIpc) is 2.36. The van der Waals surface area contributed by atoms with Gasteiger partial charge in [0.15, 0.2) is 0 Å². The minimum Gasteiger partial charge on any atom is -0.389 e. The van der Waals surface area contributed by atoms with Crippen molar-refractivity contribution in [2.75, 3.05) is 67.2 Å². The maximum Gasteiger partial charge on any atom is 0.0900 e. The Kier molecular flexibility index (Phi) is 8.57. The molecule has 1 unspecified atom stereocenters. The summed E-state index contributed by atoms with van der Waals surface area (Å²) >= 11 is 0. The van der Waals surface area contributed by atoms with Gasteiger partial charge in [-0.15, -0.1) is 0 Å². The number of likely N-dealkylation sites (tertiary alicyclic amines) is 1. The number of hydrogen-bond donors (Lipinski definition) is 1. The van der Waals surface area contributed by atoms with Crippen molar-refractivity contribution >= 4 is 0 Å². The van der Waals surface area contributed by atoms with Gasteiger partial charge >= 0.3 is 0 Å². The number of aliphatic hydroxyl groups excluding tert-OH is 1. The summed E-state index contributed by atoms with van der Waals surface area (Å²) in [6, 6.07) is 0. The molecule has 5 nitrogen and oxygen atoms in total. The third-order valence-corrected chi connectivity index (χ3v) is 3.54. The smallest absolute Gasteiger partial charge is 0.0900 e. The first-order chi connectivity index (χ1) is 9.11. The van der Waals surface area contributed by atoms with Gasteiger partial charge in [-0.05, 0) is 45.9 Å². The summed E-state index contributed by atoms with van der Waals surface area (Å²) < 4.78 is 10.2. The van der Waals surface area contributed by atoms with Crippen LogP contribution in [0.5, 0.6) is 0 Å². The normalized spacial score (nSPS) is 20.1. The van der Waals surface area contributed by atoms with Crippen LogP contribution >= 0.6 is 0 Å². The van der Waals surface area contributed by atoms with Gasteiger partial charge in [0.1, 0.15) is 0 Å². The van der Waals surface area contributed by atoms with E-state index in [0.717, 1.165) is 25.6 Å². The number of ether oxygens (including phenoxy) is 2. The van der Waals surface area contributed by atoms with Crippen LogP contribution in [0.4, 0.5) is 0 Å². The van der Waals surface area contributed by atoms with Gasteiger partial charge in [0.2, 0.25) is 0 Å². The molecule has 0 aliphatic carbocycles. The van der Waals surface area contributed by atoms with Gasteiger partial charge in [0, 0.05) is 20.2 Å². The van der Waals surface area contributed by atoms with E-state index in [-0.39, 0.29) is 6.10 Å². The van der Waals surface area contributed by atoms with Crippen LogP contribution in [-0.2, 0) is 9.47 Å². The van der Waals surface area contributed by atoms with Crippen LogP contribution in [0.1, 0.15) is 12.8 Å². The molecule has 1 fully saturated rings. The number of rotatable bonds is 9. The van der Waals surface area contributed by atoms with Crippen molar-refractivity contribution < 1.29 is 14.6 Å². The molecule has 19 heavy (non-hydrogen) atoms. The second-order valence-electron chi connectivity index (χ2n) is 5.73. The number of nitrogens with zero attached hydrogens (tertiary/aromatic N) is 2. The lowest BCUT2D eigenvalue weighted by Crippen LogP contribution is -2.42. The van der Waals surface area contributed by atoms with Gasteiger partial charge in [-0.2, -0.15) is 0 Å². The number of methoxy groups -OCH3 is 1. The van der Waals surface area contributed by atoms with Crippen LogP contribution in [0.15, 0.2) is 0 Å². The van der Waals surface area contributed by atoms with Gasteiger partial charge in [-0.3, -0.25) is 0 Å². The van der Waals surface area contributed by atoms with Crippen molar-refractivity contribution in [3.63, 3.8) is 0 Å². The van der Waals surface area contributed by atoms with E-state index >= 15 is 0 Å². The Hall–Kier alpha value is -0.200. The molecule has 0 radical (unpaired) electrons. The van der Waals surface area contributed by atoms with Crippen molar-refractivity contribution in [3.8, 4) is 0 Å². The molecule has 1 rings (SSSR count). The number of hydrogen-bond acceptors (Lipinski definition) is 5. The summed E-state index contributed by atoms with van der Waals surface area (Å²) in [5, 5.41) is 9.90. The standard InChI is InChI=1S/C14H30N2O3/c1-15(2)10-13-4-6-16(7-5-13)11-14(17)12-19-9-8-18-3/h13-14,17H,4-12H2,1-3H3. The largest absolute Gasteiger partial charge is 0.389 e. The Balaban J connectivity index is 2.07. The lowest BCUT2D eigenvalue weighted by Gasteiger charge is -2.34. The first-order valence-corrected chi connectivity index (χ1v) is 7.23. The summed E-state index contributed by atoms with van der Waals surface area (Å²) in [6.07, 6.45) is 2.08. The van der Waals surface area contributed by atoms with Crippen LogP contribution < -0.4 is 0 Å². The molecule has 1 aliphatic rings. The van der Waals surface area contributed by atoms with E-state index in [1.807, 2.05) is 0 Å². The fourth-order valence-corrected chi connectivity index (χ4v) is 2.58. The minimum absolute atomic E-state index is 0.387. The van der Waals surface area contributed by atoms with Gasteiger partial charge in [-0.25, -0.2) is 0 Å². The Bertz CT molecular complexity index is 219. The van der Waals surface area contributed by atoms with E-state index in [0.29, 0.717) is 19.8 Å². The summed E-state index contributed by atoms with van der Waals surface area (Å²) in [5.41, 5.74) is 0. The summed E-state index contributed by atoms with van der Waals surface area (Å²) in [5.74, 6) is 0.807. The van der Waals surface area contributed by atoms with Gasteiger partial charge < -0.3 is 24.4 Å². The monoisotopic (exact) mass is 274 g/mol. The minimum atomic E-state index is -0.387. The molecule has 0 amide bonds. The van der Waals surface area contributed by atoms with Crippen molar-refractivity contribution in [3.05, 3.63) is 0 Å². The first-order valence-electron chi connectivity index (χ1n) is 7.23.